The highest BCUT2D eigenvalue weighted by atomic mass is 19.1. The molecule has 1 aromatic carbocycles. The SMILES string of the molecule is CCCCCCCCCCCCCCCCCOC(=O)C1CCN(C(=O)c2ccc(F)cc2)CC1. The van der Waals surface area contributed by atoms with E-state index in [1.165, 1.54) is 108 Å². The Morgan fingerprint density at radius 2 is 1.23 bits per heavy atom. The van der Waals surface area contributed by atoms with Gasteiger partial charge < -0.3 is 9.64 Å². The number of hydrogen-bond acceptors (Lipinski definition) is 3. The standard InChI is InChI=1S/C30H48FNO3/c1-2-3-4-5-6-7-8-9-10-11-12-13-14-15-16-25-35-30(34)27-21-23-32(24-22-27)29(33)26-17-19-28(31)20-18-26/h17-20,27H,2-16,21-25H2,1H3. The van der Waals surface area contributed by atoms with Gasteiger partial charge in [0.15, 0.2) is 0 Å². The van der Waals surface area contributed by atoms with Crippen molar-refractivity contribution in [2.45, 2.75) is 116 Å². The molecule has 0 radical (unpaired) electrons. The maximum atomic E-state index is 13.1. The number of halogens is 1. The molecule has 0 bridgehead atoms. The average molecular weight is 490 g/mol. The molecule has 1 aromatic rings. The van der Waals surface area contributed by atoms with Crippen LogP contribution in [-0.4, -0.2) is 36.5 Å². The van der Waals surface area contributed by atoms with Gasteiger partial charge in [-0.2, -0.15) is 0 Å². The topological polar surface area (TPSA) is 46.6 Å². The molecule has 1 aliphatic rings. The highest BCUT2D eigenvalue weighted by Gasteiger charge is 2.28. The van der Waals surface area contributed by atoms with Gasteiger partial charge in [0, 0.05) is 18.7 Å². The quantitative estimate of drug-likeness (QED) is 0.155. The number of rotatable bonds is 18. The van der Waals surface area contributed by atoms with Gasteiger partial charge in [-0.1, -0.05) is 96.8 Å². The third-order valence-electron chi connectivity index (χ3n) is 7.20. The highest BCUT2D eigenvalue weighted by molar-refractivity contribution is 5.94. The zero-order valence-corrected chi connectivity index (χ0v) is 22.1. The van der Waals surface area contributed by atoms with Gasteiger partial charge in [0.25, 0.3) is 5.91 Å². The minimum absolute atomic E-state index is 0.102. The summed E-state index contributed by atoms with van der Waals surface area (Å²) in [6, 6.07) is 5.62. The summed E-state index contributed by atoms with van der Waals surface area (Å²) in [7, 11) is 0. The number of nitrogens with zero attached hydrogens (tertiary/aromatic N) is 1. The number of carbonyl (C=O) groups is 2. The normalized spacial score (nSPS) is 14.3. The first-order valence-electron chi connectivity index (χ1n) is 14.3. The molecule has 4 nitrogen and oxygen atoms in total. The molecule has 1 aliphatic heterocycles. The molecule has 1 fully saturated rings. The van der Waals surface area contributed by atoms with E-state index in [9.17, 15) is 14.0 Å². The van der Waals surface area contributed by atoms with E-state index < -0.39 is 0 Å². The molecule has 35 heavy (non-hydrogen) atoms. The van der Waals surface area contributed by atoms with Crippen LogP contribution in [-0.2, 0) is 9.53 Å². The van der Waals surface area contributed by atoms with Gasteiger partial charge in [-0.25, -0.2) is 4.39 Å². The van der Waals surface area contributed by atoms with Gasteiger partial charge >= 0.3 is 5.97 Å². The first-order chi connectivity index (χ1) is 17.1. The summed E-state index contributed by atoms with van der Waals surface area (Å²) in [5.41, 5.74) is 0.487. The third-order valence-corrected chi connectivity index (χ3v) is 7.20. The Labute approximate surface area is 213 Å². The van der Waals surface area contributed by atoms with Crippen molar-refractivity contribution in [2.75, 3.05) is 19.7 Å². The van der Waals surface area contributed by atoms with Crippen molar-refractivity contribution >= 4 is 11.9 Å². The number of likely N-dealkylation sites (tertiary alicyclic amines) is 1. The molecule has 0 aromatic heterocycles. The minimum Gasteiger partial charge on any atom is -0.465 e. The average Bonchev–Trinajstić information content (AvgIpc) is 2.88. The molecule has 0 spiro atoms. The number of hydrogen-bond donors (Lipinski definition) is 0. The molecule has 2 rings (SSSR count). The van der Waals surface area contributed by atoms with E-state index in [0.717, 1.165) is 12.8 Å². The molecule has 5 heteroatoms. The van der Waals surface area contributed by atoms with Crippen LogP contribution in [0.3, 0.4) is 0 Å². The Hall–Kier alpha value is -1.91. The van der Waals surface area contributed by atoms with E-state index >= 15 is 0 Å². The van der Waals surface area contributed by atoms with Gasteiger partial charge in [0.05, 0.1) is 12.5 Å². The van der Waals surface area contributed by atoms with Crippen LogP contribution in [0.4, 0.5) is 4.39 Å². The Kier molecular flexibility index (Phi) is 15.4. The summed E-state index contributed by atoms with van der Waals surface area (Å²) in [6.45, 7) is 3.85. The van der Waals surface area contributed by atoms with E-state index in [0.29, 0.717) is 38.1 Å². The second-order valence-electron chi connectivity index (χ2n) is 10.2. The number of piperidine rings is 1. The van der Waals surface area contributed by atoms with Gasteiger partial charge in [0.2, 0.25) is 0 Å². The van der Waals surface area contributed by atoms with Gasteiger partial charge in [0.1, 0.15) is 5.82 Å². The Morgan fingerprint density at radius 3 is 1.71 bits per heavy atom. The van der Waals surface area contributed by atoms with Crippen LogP contribution >= 0.6 is 0 Å². The number of ether oxygens (including phenoxy) is 1. The largest absolute Gasteiger partial charge is 0.465 e. The first kappa shape index (κ1) is 29.3. The lowest BCUT2D eigenvalue weighted by Crippen LogP contribution is -2.40. The Balaban J connectivity index is 1.39. The van der Waals surface area contributed by atoms with Gasteiger partial charge in [-0.15, -0.1) is 0 Å². The number of amides is 1. The molecule has 0 saturated carbocycles. The van der Waals surface area contributed by atoms with E-state index in [-0.39, 0.29) is 23.6 Å². The predicted octanol–water partition coefficient (Wildman–Crippen LogP) is 8.09. The first-order valence-corrected chi connectivity index (χ1v) is 14.3. The monoisotopic (exact) mass is 489 g/mol. The number of unbranched alkanes of at least 4 members (excludes halogenated alkanes) is 14. The Bertz CT molecular complexity index is 698. The molecule has 1 amide bonds. The summed E-state index contributed by atoms with van der Waals surface area (Å²) in [5, 5.41) is 0. The number of benzene rings is 1. The zero-order valence-electron chi connectivity index (χ0n) is 22.1. The van der Waals surface area contributed by atoms with Crippen LogP contribution in [0.15, 0.2) is 24.3 Å². The smallest absolute Gasteiger partial charge is 0.309 e. The maximum Gasteiger partial charge on any atom is 0.309 e. The summed E-state index contributed by atoms with van der Waals surface area (Å²) >= 11 is 0. The van der Waals surface area contributed by atoms with Crippen molar-refractivity contribution < 1.29 is 18.7 Å². The van der Waals surface area contributed by atoms with E-state index in [1.807, 2.05) is 0 Å². The van der Waals surface area contributed by atoms with Crippen LogP contribution in [0.2, 0.25) is 0 Å². The van der Waals surface area contributed by atoms with Crippen molar-refractivity contribution in [1.82, 2.24) is 4.90 Å². The molecule has 0 unspecified atom stereocenters. The van der Waals surface area contributed by atoms with E-state index in [1.54, 1.807) is 4.90 Å². The summed E-state index contributed by atoms with van der Waals surface area (Å²) in [4.78, 5) is 26.6. The van der Waals surface area contributed by atoms with Crippen LogP contribution in [0.5, 0.6) is 0 Å². The fourth-order valence-electron chi connectivity index (χ4n) is 4.86. The maximum absolute atomic E-state index is 13.1. The van der Waals surface area contributed by atoms with Gasteiger partial charge in [-0.05, 0) is 43.5 Å². The summed E-state index contributed by atoms with van der Waals surface area (Å²) < 4.78 is 18.6. The van der Waals surface area contributed by atoms with Crippen LogP contribution in [0.1, 0.15) is 126 Å². The lowest BCUT2D eigenvalue weighted by Gasteiger charge is -2.31. The van der Waals surface area contributed by atoms with Crippen LogP contribution in [0.25, 0.3) is 0 Å². The van der Waals surface area contributed by atoms with Crippen molar-refractivity contribution in [3.63, 3.8) is 0 Å². The van der Waals surface area contributed by atoms with Gasteiger partial charge in [-0.3, -0.25) is 9.59 Å². The van der Waals surface area contributed by atoms with E-state index in [4.69, 9.17) is 4.74 Å². The van der Waals surface area contributed by atoms with E-state index in [2.05, 4.69) is 6.92 Å². The second-order valence-corrected chi connectivity index (χ2v) is 10.2. The molecular weight excluding hydrogens is 441 g/mol. The fraction of sp³-hybridized carbons (Fsp3) is 0.733. The zero-order chi connectivity index (χ0) is 25.1. The van der Waals surface area contributed by atoms with Crippen LogP contribution in [0, 0.1) is 11.7 Å². The molecule has 1 heterocycles. The molecule has 0 N–H and O–H groups in total. The molecule has 198 valence electrons. The summed E-state index contributed by atoms with van der Waals surface area (Å²) in [5.74, 6) is -0.695. The predicted molar refractivity (Wildman–Crippen MR) is 141 cm³/mol. The fourth-order valence-corrected chi connectivity index (χ4v) is 4.86. The summed E-state index contributed by atoms with van der Waals surface area (Å²) in [6.07, 6.45) is 21.1. The van der Waals surface area contributed by atoms with Crippen molar-refractivity contribution in [3.8, 4) is 0 Å². The third kappa shape index (κ3) is 12.6. The van der Waals surface area contributed by atoms with Crippen molar-refractivity contribution in [2.24, 2.45) is 5.92 Å². The highest BCUT2D eigenvalue weighted by Crippen LogP contribution is 2.21. The molecule has 0 atom stereocenters. The molecule has 0 aliphatic carbocycles. The van der Waals surface area contributed by atoms with Crippen molar-refractivity contribution in [3.05, 3.63) is 35.6 Å². The molecular formula is C30H48FNO3. The molecule has 1 saturated heterocycles. The number of carbonyl (C=O) groups excluding carboxylic acids is 2. The Morgan fingerprint density at radius 1 is 0.771 bits per heavy atom. The van der Waals surface area contributed by atoms with Crippen LogP contribution < -0.4 is 0 Å². The lowest BCUT2D eigenvalue weighted by molar-refractivity contribution is -0.150. The second kappa shape index (κ2) is 18.4. The minimum atomic E-state index is -0.350. The lowest BCUT2D eigenvalue weighted by atomic mass is 9.96. The van der Waals surface area contributed by atoms with Crippen molar-refractivity contribution in [1.29, 1.82) is 0 Å². The number of esters is 1.